The molecule has 4 rings (SSSR count). The topological polar surface area (TPSA) is 85.9 Å². The summed E-state index contributed by atoms with van der Waals surface area (Å²) in [6, 6.07) is 16.1. The molecule has 7 heteroatoms. The summed E-state index contributed by atoms with van der Waals surface area (Å²) in [5.41, 5.74) is 5.42. The fourth-order valence-electron chi connectivity index (χ4n) is 5.24. The van der Waals surface area contributed by atoms with Gasteiger partial charge in [-0.15, -0.1) is 0 Å². The summed E-state index contributed by atoms with van der Waals surface area (Å²) in [7, 11) is 0. The molecule has 2 aromatic carbocycles. The lowest BCUT2D eigenvalue weighted by molar-refractivity contribution is -0.139. The van der Waals surface area contributed by atoms with E-state index in [1.807, 2.05) is 77.9 Å². The maximum Gasteiger partial charge on any atom is 0.407 e. The average molecular weight is 635 g/mol. The van der Waals surface area contributed by atoms with Gasteiger partial charge in [0.15, 0.2) is 0 Å². The molecule has 0 radical (unpaired) electrons. The van der Waals surface area contributed by atoms with Crippen molar-refractivity contribution < 1.29 is 23.8 Å². The Morgan fingerprint density at radius 3 is 1.59 bits per heavy atom. The highest BCUT2D eigenvalue weighted by Crippen LogP contribution is 2.40. The highest BCUT2D eigenvalue weighted by atomic mass is 16.6. The molecule has 1 saturated carbocycles. The number of hydrogen-bond acceptors (Lipinski definition) is 5. The van der Waals surface area contributed by atoms with E-state index in [1.165, 1.54) is 6.42 Å². The molecule has 2 N–H and O–H groups in total. The number of nitrogens with one attached hydrogen (secondary N) is 2. The number of amides is 2. The van der Waals surface area contributed by atoms with E-state index in [-0.39, 0.29) is 24.3 Å². The largest absolute Gasteiger partial charge is 0.449 e. The number of ether oxygens (including phenoxy) is 3. The number of allylic oxidation sites excluding steroid dienone is 2. The number of rotatable bonds is 11. The van der Waals surface area contributed by atoms with Crippen LogP contribution in [0.25, 0.3) is 11.1 Å². The van der Waals surface area contributed by atoms with Gasteiger partial charge in [0.25, 0.3) is 0 Å². The van der Waals surface area contributed by atoms with Crippen molar-refractivity contribution in [1.29, 1.82) is 0 Å². The van der Waals surface area contributed by atoms with Crippen molar-refractivity contribution in [3.63, 3.8) is 0 Å². The van der Waals surface area contributed by atoms with Crippen molar-refractivity contribution in [2.24, 2.45) is 10.8 Å². The second kappa shape index (κ2) is 15.8. The Balaban J connectivity index is 0.000000314. The van der Waals surface area contributed by atoms with Crippen LogP contribution in [-0.4, -0.2) is 38.6 Å². The summed E-state index contributed by atoms with van der Waals surface area (Å²) in [4.78, 5) is 24.2. The maximum atomic E-state index is 12.2. The molecule has 1 heterocycles. The molecule has 1 aliphatic heterocycles. The van der Waals surface area contributed by atoms with Crippen LogP contribution in [0.5, 0.6) is 0 Å². The molecule has 0 aromatic heterocycles. The minimum Gasteiger partial charge on any atom is -0.449 e. The molecule has 2 fully saturated rings. The minimum absolute atomic E-state index is 0. The molecule has 2 aromatic rings. The molecule has 1 aliphatic carbocycles. The van der Waals surface area contributed by atoms with Crippen molar-refractivity contribution in [3.05, 3.63) is 83.9 Å². The lowest BCUT2D eigenvalue weighted by atomic mass is 9.71. The van der Waals surface area contributed by atoms with Gasteiger partial charge in [-0.1, -0.05) is 88.4 Å². The van der Waals surface area contributed by atoms with Gasteiger partial charge >= 0.3 is 12.2 Å². The number of alkyl carbamates (subject to hydrolysis) is 2. The molecular weight excluding hydrogens is 576 g/mol. The van der Waals surface area contributed by atoms with Crippen LogP contribution in [0.3, 0.4) is 0 Å². The van der Waals surface area contributed by atoms with E-state index >= 15 is 0 Å². The second-order valence-electron chi connectivity index (χ2n) is 14.4. The Kier molecular flexibility index (Phi) is 13.3. The molecule has 0 unspecified atom stereocenters. The van der Waals surface area contributed by atoms with Gasteiger partial charge in [-0.3, -0.25) is 0 Å². The Hall–Kier alpha value is -3.58. The quantitative estimate of drug-likeness (QED) is 0.257. The number of hydrogen-bond donors (Lipinski definition) is 2. The zero-order chi connectivity index (χ0) is 33.5. The zero-order valence-electron chi connectivity index (χ0n) is 28.7. The molecule has 46 heavy (non-hydrogen) atoms. The van der Waals surface area contributed by atoms with E-state index in [2.05, 4.69) is 49.8 Å². The SMILES string of the molecule is C.C=C(C)c1cccc(C(C)(C)NC(=O)OCC2(C)CCC2)c1.C=C(C)c1cccc(C(C)(C)NC(=O)OCC2(CC)COC2)c1. The van der Waals surface area contributed by atoms with Crippen LogP contribution in [0, 0.1) is 10.8 Å². The summed E-state index contributed by atoms with van der Waals surface area (Å²) < 4.78 is 16.1. The van der Waals surface area contributed by atoms with Gasteiger partial charge < -0.3 is 24.8 Å². The third-order valence-electron chi connectivity index (χ3n) is 9.17. The standard InChI is InChI=1S/C19H27NO3.C19H27NO2.CH4/c1-6-19(11-22-12-19)13-23-17(21)20-18(4,5)16-9-7-8-15(10-16)14(2)3;1-14(2)15-8-6-9-16(12-15)18(3,4)20-17(21)22-13-19(5)10-7-11-19;/h7-10H,2,6,11-13H2,1,3-5H3,(H,20,21);6,8-9,12H,1,7,10-11,13H2,2-5H3,(H,20,21);1H4. The molecule has 7 nitrogen and oxygen atoms in total. The van der Waals surface area contributed by atoms with Crippen LogP contribution in [0.2, 0.25) is 0 Å². The lowest BCUT2D eigenvalue weighted by Crippen LogP contribution is -2.48. The van der Waals surface area contributed by atoms with Crippen molar-refractivity contribution in [3.8, 4) is 0 Å². The molecule has 2 amide bonds. The first-order valence-corrected chi connectivity index (χ1v) is 16.0. The van der Waals surface area contributed by atoms with Crippen molar-refractivity contribution >= 4 is 23.3 Å². The third-order valence-corrected chi connectivity index (χ3v) is 9.17. The zero-order valence-corrected chi connectivity index (χ0v) is 28.7. The van der Waals surface area contributed by atoms with E-state index in [9.17, 15) is 9.59 Å². The third kappa shape index (κ3) is 10.5. The van der Waals surface area contributed by atoms with Gasteiger partial charge in [0.1, 0.15) is 6.61 Å². The molecular formula is C39H58N2O5. The van der Waals surface area contributed by atoms with E-state index in [1.54, 1.807) is 0 Å². The number of benzene rings is 2. The fraction of sp³-hybridized carbons (Fsp3) is 0.538. The number of carbonyl (C=O) groups is 2. The normalized spacial score (nSPS) is 16.1. The van der Waals surface area contributed by atoms with Crippen molar-refractivity contribution in [1.82, 2.24) is 10.6 Å². The van der Waals surface area contributed by atoms with Crippen LogP contribution < -0.4 is 10.6 Å². The molecule has 0 spiro atoms. The second-order valence-corrected chi connectivity index (χ2v) is 14.4. The van der Waals surface area contributed by atoms with Gasteiger partial charge in [0.05, 0.1) is 36.3 Å². The Morgan fingerprint density at radius 2 is 1.26 bits per heavy atom. The Bertz CT molecular complexity index is 1360. The summed E-state index contributed by atoms with van der Waals surface area (Å²) in [6.45, 7) is 26.3. The van der Waals surface area contributed by atoms with Crippen LogP contribution in [0.1, 0.15) is 111 Å². The first-order chi connectivity index (χ1) is 21.0. The summed E-state index contributed by atoms with van der Waals surface area (Å²) in [5.74, 6) is 0. The van der Waals surface area contributed by atoms with Gasteiger partial charge in [0.2, 0.25) is 0 Å². The summed E-state index contributed by atoms with van der Waals surface area (Å²) >= 11 is 0. The number of carbonyl (C=O) groups excluding carboxylic acids is 2. The average Bonchev–Trinajstić information content (AvgIpc) is 2.95. The van der Waals surface area contributed by atoms with Crippen LogP contribution >= 0.6 is 0 Å². The van der Waals surface area contributed by atoms with Gasteiger partial charge in [0, 0.05) is 5.41 Å². The fourth-order valence-corrected chi connectivity index (χ4v) is 5.24. The first-order valence-electron chi connectivity index (χ1n) is 16.0. The van der Waals surface area contributed by atoms with E-state index in [4.69, 9.17) is 14.2 Å². The van der Waals surface area contributed by atoms with Crippen LogP contribution in [-0.2, 0) is 25.3 Å². The van der Waals surface area contributed by atoms with E-state index < -0.39 is 17.2 Å². The van der Waals surface area contributed by atoms with Gasteiger partial charge in [-0.25, -0.2) is 9.59 Å². The lowest BCUT2D eigenvalue weighted by Gasteiger charge is -2.40. The molecule has 0 atom stereocenters. The highest BCUT2D eigenvalue weighted by molar-refractivity contribution is 5.70. The monoisotopic (exact) mass is 634 g/mol. The van der Waals surface area contributed by atoms with Crippen LogP contribution in [0.15, 0.2) is 61.7 Å². The smallest absolute Gasteiger partial charge is 0.407 e. The summed E-state index contributed by atoms with van der Waals surface area (Å²) in [6.07, 6.45) is 3.73. The van der Waals surface area contributed by atoms with Gasteiger partial charge in [-0.2, -0.15) is 0 Å². The van der Waals surface area contributed by atoms with Gasteiger partial charge in [-0.05, 0) is 95.2 Å². The molecule has 2 aliphatic rings. The first kappa shape index (κ1) is 38.6. The predicted octanol–water partition coefficient (Wildman–Crippen LogP) is 9.61. The molecule has 0 bridgehead atoms. The Morgan fingerprint density at radius 1 is 0.826 bits per heavy atom. The summed E-state index contributed by atoms with van der Waals surface area (Å²) in [5, 5.41) is 5.92. The molecule has 1 saturated heterocycles. The predicted molar refractivity (Wildman–Crippen MR) is 190 cm³/mol. The van der Waals surface area contributed by atoms with E-state index in [0.29, 0.717) is 26.4 Å². The Labute approximate surface area is 278 Å². The maximum absolute atomic E-state index is 12.2. The minimum atomic E-state index is -0.516. The van der Waals surface area contributed by atoms with E-state index in [0.717, 1.165) is 52.7 Å². The van der Waals surface area contributed by atoms with Crippen molar-refractivity contribution in [2.45, 2.75) is 99.6 Å². The van der Waals surface area contributed by atoms with Crippen molar-refractivity contribution in [2.75, 3.05) is 26.4 Å². The van der Waals surface area contributed by atoms with Crippen LogP contribution in [0.4, 0.5) is 9.59 Å². The highest BCUT2D eigenvalue weighted by Gasteiger charge is 2.39. The molecule has 254 valence electrons.